The molecule has 0 amide bonds. The fourth-order valence-corrected chi connectivity index (χ4v) is 6.02. The summed E-state index contributed by atoms with van der Waals surface area (Å²) in [4.78, 5) is 26.6. The highest BCUT2D eigenvalue weighted by molar-refractivity contribution is 5.99. The maximum absolute atomic E-state index is 13.6. The Balaban J connectivity index is 1.18. The molecule has 2 heterocycles. The SMILES string of the molecule is O=C(c1cc2cc(OCCc3ccccc3)ccc2o1)[C@H]1CC[C@@H](Cn2nnc3ccc(C(F)(F)F)cc3c2=O)[C@@H]1C(O)O. The lowest BCUT2D eigenvalue weighted by Crippen LogP contribution is -2.36. The van der Waals surface area contributed by atoms with Gasteiger partial charge in [-0.1, -0.05) is 35.5 Å². The molecule has 3 atom stereocenters. The minimum absolute atomic E-state index is 0.00658. The van der Waals surface area contributed by atoms with Crippen LogP contribution in [0.25, 0.3) is 21.9 Å². The van der Waals surface area contributed by atoms with Gasteiger partial charge >= 0.3 is 6.18 Å². The molecule has 0 radical (unpaired) electrons. The quantitative estimate of drug-likeness (QED) is 0.177. The summed E-state index contributed by atoms with van der Waals surface area (Å²) in [6.45, 7) is 0.306. The van der Waals surface area contributed by atoms with Crippen LogP contribution in [0.3, 0.4) is 0 Å². The normalized spacial score (nSPS) is 18.8. The van der Waals surface area contributed by atoms with E-state index in [4.69, 9.17) is 9.15 Å². The largest absolute Gasteiger partial charge is 0.493 e. The van der Waals surface area contributed by atoms with Crippen LogP contribution in [0.2, 0.25) is 0 Å². The number of rotatable bonds is 9. The van der Waals surface area contributed by atoms with Gasteiger partial charge in [0.25, 0.3) is 5.56 Å². The van der Waals surface area contributed by atoms with E-state index in [0.29, 0.717) is 29.7 Å². The van der Waals surface area contributed by atoms with Gasteiger partial charge in [0.05, 0.1) is 17.6 Å². The third-order valence-electron chi connectivity index (χ3n) is 8.23. The van der Waals surface area contributed by atoms with E-state index in [1.54, 1.807) is 24.3 Å². The molecule has 1 aliphatic carbocycles. The van der Waals surface area contributed by atoms with Crippen molar-refractivity contribution >= 4 is 27.7 Å². The van der Waals surface area contributed by atoms with Crippen molar-refractivity contribution in [2.24, 2.45) is 17.8 Å². The molecule has 9 nitrogen and oxygen atoms in total. The highest BCUT2D eigenvalue weighted by Gasteiger charge is 2.45. The van der Waals surface area contributed by atoms with Gasteiger partial charge in [-0.2, -0.15) is 13.2 Å². The van der Waals surface area contributed by atoms with Crippen LogP contribution in [0.4, 0.5) is 13.2 Å². The average Bonchev–Trinajstić information content (AvgIpc) is 3.62. The maximum atomic E-state index is 13.6. The van der Waals surface area contributed by atoms with Gasteiger partial charge in [-0.05, 0) is 66.8 Å². The van der Waals surface area contributed by atoms with E-state index in [2.05, 4.69) is 10.3 Å². The molecule has 0 saturated heterocycles. The van der Waals surface area contributed by atoms with Crippen LogP contribution in [0, 0.1) is 17.8 Å². The van der Waals surface area contributed by atoms with Gasteiger partial charge in [-0.3, -0.25) is 9.59 Å². The van der Waals surface area contributed by atoms with E-state index in [-0.39, 0.29) is 29.6 Å². The third kappa shape index (κ3) is 5.95. The maximum Gasteiger partial charge on any atom is 0.416 e. The number of benzene rings is 3. The molecule has 0 spiro atoms. The zero-order valence-electron chi connectivity index (χ0n) is 23.3. The van der Waals surface area contributed by atoms with Crippen LogP contribution in [-0.4, -0.2) is 43.9 Å². The van der Waals surface area contributed by atoms with E-state index in [1.165, 1.54) is 0 Å². The molecular weight excluding hydrogens is 579 g/mol. The molecule has 3 aromatic carbocycles. The number of alkyl halides is 3. The Morgan fingerprint density at radius 2 is 1.84 bits per heavy atom. The van der Waals surface area contributed by atoms with Crippen molar-refractivity contribution in [3.05, 3.63) is 100 Å². The lowest BCUT2D eigenvalue weighted by molar-refractivity contribution is -0.137. The van der Waals surface area contributed by atoms with Gasteiger partial charge in [-0.25, -0.2) is 4.68 Å². The Bertz CT molecular complexity index is 1870. The van der Waals surface area contributed by atoms with Gasteiger partial charge in [0.15, 0.2) is 12.1 Å². The van der Waals surface area contributed by atoms with E-state index < -0.39 is 47.1 Å². The number of fused-ring (bicyclic) bond motifs is 2. The van der Waals surface area contributed by atoms with Gasteiger partial charge < -0.3 is 19.4 Å². The predicted octanol–water partition coefficient (Wildman–Crippen LogP) is 5.01. The summed E-state index contributed by atoms with van der Waals surface area (Å²) < 4.78 is 52.3. The number of hydrogen-bond donors (Lipinski definition) is 2. The number of nitrogens with zero attached hydrogens (tertiary/aromatic N) is 3. The first-order valence-electron chi connectivity index (χ1n) is 14.1. The van der Waals surface area contributed by atoms with Crippen LogP contribution in [0.5, 0.6) is 5.75 Å². The molecule has 0 aliphatic heterocycles. The Labute approximate surface area is 248 Å². The highest BCUT2D eigenvalue weighted by Crippen LogP contribution is 2.42. The first-order valence-corrected chi connectivity index (χ1v) is 14.1. The van der Waals surface area contributed by atoms with E-state index in [0.717, 1.165) is 34.9 Å². The summed E-state index contributed by atoms with van der Waals surface area (Å²) in [5, 5.41) is 28.7. The molecule has 1 fully saturated rings. The lowest BCUT2D eigenvalue weighted by Gasteiger charge is -2.25. The van der Waals surface area contributed by atoms with Crippen molar-refractivity contribution in [1.82, 2.24) is 15.0 Å². The summed E-state index contributed by atoms with van der Waals surface area (Å²) in [5.74, 6) is -2.14. The summed E-state index contributed by atoms with van der Waals surface area (Å²) in [6.07, 6.45) is -5.19. The number of carbonyl (C=O) groups excluding carboxylic acids is 1. The standard InChI is InChI=1S/C32H28F3N3O6/c33-32(34,35)21-7-10-25-24(16-21)30(40)38(37-36-25)17-19-6-9-23(28(19)31(41)42)29(39)27-15-20-14-22(8-11-26(20)44-27)43-13-12-18-4-2-1-3-5-18/h1-5,7-8,10-11,14-16,19,23,28,31,41-42H,6,9,12-13,17H2/t19-,23-,28-/m0/s1. The van der Waals surface area contributed by atoms with Crippen LogP contribution in [-0.2, 0) is 19.1 Å². The summed E-state index contributed by atoms with van der Waals surface area (Å²) in [5.41, 5.74) is -0.161. The van der Waals surface area contributed by atoms with Crippen molar-refractivity contribution in [1.29, 1.82) is 0 Å². The minimum Gasteiger partial charge on any atom is -0.493 e. The second-order valence-electron chi connectivity index (χ2n) is 11.0. The third-order valence-corrected chi connectivity index (χ3v) is 8.23. The zero-order chi connectivity index (χ0) is 31.0. The molecule has 1 saturated carbocycles. The fraction of sp³-hybridized carbons (Fsp3) is 0.312. The Morgan fingerprint density at radius 1 is 1.05 bits per heavy atom. The number of aliphatic hydroxyl groups excluding tert-OH is 1. The van der Waals surface area contributed by atoms with E-state index in [9.17, 15) is 33.0 Å². The number of halogens is 3. The van der Waals surface area contributed by atoms with Gasteiger partial charge in [-0.15, -0.1) is 5.10 Å². The molecular formula is C32H28F3N3O6. The van der Waals surface area contributed by atoms with Crippen molar-refractivity contribution < 1.29 is 37.3 Å². The average molecular weight is 608 g/mol. The second kappa shape index (κ2) is 11.9. The summed E-state index contributed by atoms with van der Waals surface area (Å²) in [7, 11) is 0. The summed E-state index contributed by atoms with van der Waals surface area (Å²) >= 11 is 0. The van der Waals surface area contributed by atoms with Crippen molar-refractivity contribution in [3.63, 3.8) is 0 Å². The fourth-order valence-electron chi connectivity index (χ4n) is 6.02. The molecule has 228 valence electrons. The van der Waals surface area contributed by atoms with Crippen molar-refractivity contribution in [3.8, 4) is 5.75 Å². The van der Waals surface area contributed by atoms with E-state index in [1.807, 2.05) is 30.3 Å². The van der Waals surface area contributed by atoms with Gasteiger partial charge in [0.1, 0.15) is 16.8 Å². The molecule has 2 N–H and O–H groups in total. The first-order chi connectivity index (χ1) is 21.1. The Morgan fingerprint density at radius 3 is 2.59 bits per heavy atom. The van der Waals surface area contributed by atoms with Crippen LogP contribution in [0.1, 0.15) is 34.5 Å². The lowest BCUT2D eigenvalue weighted by atomic mass is 9.85. The number of ether oxygens (including phenoxy) is 1. The Hall–Kier alpha value is -4.55. The minimum atomic E-state index is -4.65. The predicted molar refractivity (Wildman–Crippen MR) is 153 cm³/mol. The monoisotopic (exact) mass is 607 g/mol. The van der Waals surface area contributed by atoms with Gasteiger partial charge in [0.2, 0.25) is 5.78 Å². The molecule has 1 aliphatic rings. The molecule has 44 heavy (non-hydrogen) atoms. The smallest absolute Gasteiger partial charge is 0.416 e. The molecule has 0 unspecified atom stereocenters. The number of carbonyl (C=O) groups is 1. The Kier molecular flexibility index (Phi) is 7.95. The van der Waals surface area contributed by atoms with Crippen molar-refractivity contribution in [2.45, 2.75) is 38.3 Å². The first kappa shape index (κ1) is 29.5. The topological polar surface area (TPSA) is 128 Å². The molecule has 5 aromatic rings. The number of furan rings is 1. The number of Topliss-reactive ketones (excluding diaryl/α,β-unsaturated/α-hetero) is 1. The number of aromatic nitrogens is 3. The molecule has 6 rings (SSSR count). The molecule has 0 bridgehead atoms. The highest BCUT2D eigenvalue weighted by atomic mass is 19.4. The molecule has 12 heteroatoms. The zero-order valence-corrected chi connectivity index (χ0v) is 23.3. The molecule has 2 aromatic heterocycles. The van der Waals surface area contributed by atoms with Crippen LogP contribution in [0.15, 0.2) is 82.0 Å². The number of ketones is 1. The van der Waals surface area contributed by atoms with Crippen molar-refractivity contribution in [2.75, 3.05) is 6.61 Å². The number of aliphatic hydroxyl groups is 2. The van der Waals surface area contributed by atoms with Gasteiger partial charge in [0, 0.05) is 30.2 Å². The van der Waals surface area contributed by atoms with E-state index >= 15 is 0 Å². The second-order valence-corrected chi connectivity index (χ2v) is 11.0. The summed E-state index contributed by atoms with van der Waals surface area (Å²) in [6, 6.07) is 19.4. The number of hydrogen-bond acceptors (Lipinski definition) is 8. The van der Waals surface area contributed by atoms with Crippen LogP contribution < -0.4 is 10.3 Å². The van der Waals surface area contributed by atoms with Crippen LogP contribution >= 0.6 is 0 Å².